The van der Waals surface area contributed by atoms with Crippen LogP contribution in [0.4, 0.5) is 17.1 Å². The normalized spacial score (nSPS) is 12.5. The van der Waals surface area contributed by atoms with Crippen LogP contribution in [0.3, 0.4) is 0 Å². The Labute approximate surface area is 387 Å². The second-order valence-electron chi connectivity index (χ2n) is 18.0. The van der Waals surface area contributed by atoms with Gasteiger partial charge in [-0.15, -0.1) is 0 Å². The van der Waals surface area contributed by atoms with Gasteiger partial charge in [0.05, 0.1) is 5.69 Å². The highest BCUT2D eigenvalue weighted by molar-refractivity contribution is 6.12. The summed E-state index contributed by atoms with van der Waals surface area (Å²) in [5, 5.41) is 5.03. The van der Waals surface area contributed by atoms with Crippen molar-refractivity contribution in [3.8, 4) is 66.8 Å². The monoisotopic (exact) mass is 841 g/mol. The van der Waals surface area contributed by atoms with E-state index in [1.807, 2.05) is 0 Å². The van der Waals surface area contributed by atoms with E-state index in [0.717, 1.165) is 22.6 Å². The maximum Gasteiger partial charge on any atom is 0.0540 e. The van der Waals surface area contributed by atoms with Crippen molar-refractivity contribution in [1.29, 1.82) is 0 Å². The van der Waals surface area contributed by atoms with Gasteiger partial charge in [0.25, 0.3) is 0 Å². The first-order chi connectivity index (χ1) is 32.5. The number of rotatable bonds is 8. The number of fused-ring (bicyclic) bond motifs is 6. The summed E-state index contributed by atoms with van der Waals surface area (Å²) >= 11 is 0. The molecule has 1 nitrogen and oxygen atoms in total. The molecule has 0 saturated carbocycles. The molecule has 312 valence electrons. The van der Waals surface area contributed by atoms with Gasteiger partial charge in [-0.3, -0.25) is 0 Å². The van der Waals surface area contributed by atoms with Crippen LogP contribution in [-0.4, -0.2) is 0 Å². The SMILES string of the molecule is CC1(C)c2ccccc2-c2ccc(-c3cccc(N(c4cccc(-c5cccc6c5ccc5ccccc56)c4)c4ccccc4-c4ccccc4-c4ccccc4-c4ccccc4)c3)cc21. The Bertz CT molecular complexity index is 3630. The van der Waals surface area contributed by atoms with Crippen LogP contribution in [-0.2, 0) is 5.41 Å². The largest absolute Gasteiger partial charge is 0.310 e. The van der Waals surface area contributed by atoms with E-state index in [2.05, 4.69) is 267 Å². The lowest BCUT2D eigenvalue weighted by molar-refractivity contribution is 0.660. The minimum atomic E-state index is -0.0919. The number of hydrogen-bond donors (Lipinski definition) is 0. The Morgan fingerprint density at radius 2 is 0.788 bits per heavy atom. The summed E-state index contributed by atoms with van der Waals surface area (Å²) in [6.07, 6.45) is 0. The van der Waals surface area contributed by atoms with E-state index in [4.69, 9.17) is 0 Å². The molecule has 0 heterocycles. The van der Waals surface area contributed by atoms with Gasteiger partial charge in [-0.2, -0.15) is 0 Å². The van der Waals surface area contributed by atoms with Crippen molar-refractivity contribution < 1.29 is 0 Å². The lowest BCUT2D eigenvalue weighted by Gasteiger charge is -2.29. The summed E-state index contributed by atoms with van der Waals surface area (Å²) in [7, 11) is 0. The van der Waals surface area contributed by atoms with Crippen LogP contribution in [0, 0.1) is 0 Å². The van der Waals surface area contributed by atoms with E-state index >= 15 is 0 Å². The van der Waals surface area contributed by atoms with Gasteiger partial charge in [0.2, 0.25) is 0 Å². The van der Waals surface area contributed by atoms with Crippen LogP contribution in [0.5, 0.6) is 0 Å². The second-order valence-corrected chi connectivity index (χ2v) is 18.0. The number of benzene rings is 11. The lowest BCUT2D eigenvalue weighted by atomic mass is 9.81. The molecule has 0 radical (unpaired) electrons. The van der Waals surface area contributed by atoms with Crippen molar-refractivity contribution in [2.45, 2.75) is 19.3 Å². The van der Waals surface area contributed by atoms with Gasteiger partial charge in [-0.05, 0) is 130 Å². The van der Waals surface area contributed by atoms with Crippen LogP contribution < -0.4 is 4.90 Å². The highest BCUT2D eigenvalue weighted by atomic mass is 15.1. The van der Waals surface area contributed by atoms with Crippen LogP contribution in [0.15, 0.2) is 249 Å². The first-order valence-electron chi connectivity index (χ1n) is 23.0. The third-order valence-electron chi connectivity index (χ3n) is 13.9. The van der Waals surface area contributed by atoms with Gasteiger partial charge in [-0.25, -0.2) is 0 Å². The van der Waals surface area contributed by atoms with Gasteiger partial charge >= 0.3 is 0 Å². The first-order valence-corrected chi connectivity index (χ1v) is 23.0. The first kappa shape index (κ1) is 39.3. The topological polar surface area (TPSA) is 3.24 Å². The molecule has 0 aliphatic heterocycles. The maximum atomic E-state index is 2.47. The van der Waals surface area contributed by atoms with Crippen molar-refractivity contribution >= 4 is 38.6 Å². The maximum absolute atomic E-state index is 2.47. The molecule has 0 saturated heterocycles. The molecule has 0 N–H and O–H groups in total. The zero-order valence-electron chi connectivity index (χ0n) is 37.1. The number of para-hydroxylation sites is 1. The molecule has 0 fully saturated rings. The third-order valence-corrected chi connectivity index (χ3v) is 13.9. The fourth-order valence-electron chi connectivity index (χ4n) is 10.7. The molecule has 0 spiro atoms. The van der Waals surface area contributed by atoms with Crippen molar-refractivity contribution in [2.75, 3.05) is 4.90 Å². The van der Waals surface area contributed by atoms with E-state index < -0.39 is 0 Å². The Kier molecular flexibility index (Phi) is 9.58. The van der Waals surface area contributed by atoms with E-state index in [1.54, 1.807) is 0 Å². The Morgan fingerprint density at radius 1 is 0.273 bits per heavy atom. The van der Waals surface area contributed by atoms with Crippen molar-refractivity contribution in [2.24, 2.45) is 0 Å². The molecular weight excluding hydrogens is 795 g/mol. The standard InChI is InChI=1S/C65H47N/c1-65(2)62-35-14-12-31-59(62)60-40-38-47(43-63(60)65)46-22-16-24-49(41-46)66(50-25-17-23-48(42-50)53-33-18-34-55-52-26-7-6-21-45(52)37-39-58(53)55)64-36-15-13-32-61(64)57-30-11-10-29-56(57)54-28-9-8-27-51(54)44-19-4-3-5-20-44/h3-43H,1-2H3. The molecular formula is C65H47N. The predicted octanol–water partition coefficient (Wildman–Crippen LogP) is 18.1. The Balaban J connectivity index is 1.05. The molecule has 0 bridgehead atoms. The van der Waals surface area contributed by atoms with Crippen molar-refractivity contribution in [3.05, 3.63) is 260 Å². The molecule has 0 amide bonds. The number of nitrogens with zero attached hydrogens (tertiary/aromatic N) is 1. The summed E-state index contributed by atoms with van der Waals surface area (Å²) in [5.74, 6) is 0. The molecule has 1 heteroatoms. The van der Waals surface area contributed by atoms with Gasteiger partial charge < -0.3 is 4.90 Å². The molecule has 0 aromatic heterocycles. The molecule has 0 unspecified atom stereocenters. The molecule has 11 aromatic rings. The molecule has 11 aromatic carbocycles. The Morgan fingerprint density at radius 3 is 1.58 bits per heavy atom. The van der Waals surface area contributed by atoms with Crippen LogP contribution in [0.2, 0.25) is 0 Å². The fourth-order valence-corrected chi connectivity index (χ4v) is 10.7. The van der Waals surface area contributed by atoms with Gasteiger partial charge in [-0.1, -0.05) is 226 Å². The van der Waals surface area contributed by atoms with Crippen molar-refractivity contribution in [3.63, 3.8) is 0 Å². The van der Waals surface area contributed by atoms with Gasteiger partial charge in [0.1, 0.15) is 0 Å². The summed E-state index contributed by atoms with van der Waals surface area (Å²) < 4.78 is 0. The highest BCUT2D eigenvalue weighted by Crippen LogP contribution is 2.51. The average molecular weight is 842 g/mol. The number of anilines is 3. The van der Waals surface area contributed by atoms with E-state index in [-0.39, 0.29) is 5.41 Å². The second kappa shape index (κ2) is 16.1. The van der Waals surface area contributed by atoms with E-state index in [1.165, 1.54) is 93.9 Å². The third kappa shape index (κ3) is 6.63. The zero-order chi connectivity index (χ0) is 44.2. The minimum absolute atomic E-state index is 0.0919. The summed E-state index contributed by atoms with van der Waals surface area (Å²) in [5.41, 5.74) is 20.5. The van der Waals surface area contributed by atoms with E-state index in [0.29, 0.717) is 0 Å². The molecule has 1 aliphatic carbocycles. The fraction of sp³-hybridized carbons (Fsp3) is 0.0462. The Hall–Kier alpha value is -8.26. The predicted molar refractivity (Wildman–Crippen MR) is 281 cm³/mol. The minimum Gasteiger partial charge on any atom is -0.310 e. The molecule has 66 heavy (non-hydrogen) atoms. The molecule has 0 atom stereocenters. The number of hydrogen-bond acceptors (Lipinski definition) is 1. The summed E-state index contributed by atoms with van der Waals surface area (Å²) in [4.78, 5) is 2.47. The van der Waals surface area contributed by atoms with Crippen LogP contribution >= 0.6 is 0 Å². The van der Waals surface area contributed by atoms with Crippen LogP contribution in [0.1, 0.15) is 25.0 Å². The van der Waals surface area contributed by atoms with Gasteiger partial charge in [0.15, 0.2) is 0 Å². The molecule has 12 rings (SSSR count). The van der Waals surface area contributed by atoms with Gasteiger partial charge in [0, 0.05) is 22.4 Å². The summed E-state index contributed by atoms with van der Waals surface area (Å²) in [6.45, 7) is 4.72. The van der Waals surface area contributed by atoms with E-state index in [9.17, 15) is 0 Å². The zero-order valence-corrected chi connectivity index (χ0v) is 37.1. The molecule has 1 aliphatic rings. The lowest BCUT2D eigenvalue weighted by Crippen LogP contribution is -2.14. The average Bonchev–Trinajstić information content (AvgIpc) is 3.61. The highest BCUT2D eigenvalue weighted by Gasteiger charge is 2.35. The van der Waals surface area contributed by atoms with Crippen molar-refractivity contribution in [1.82, 2.24) is 0 Å². The van der Waals surface area contributed by atoms with Crippen LogP contribution in [0.25, 0.3) is 88.3 Å². The summed E-state index contributed by atoms with van der Waals surface area (Å²) in [6, 6.07) is 91.5. The smallest absolute Gasteiger partial charge is 0.0540 e. The quantitative estimate of drug-likeness (QED) is 0.138.